The molecule has 2 rings (SSSR count). The normalized spacial score (nSPS) is 12.4. The molecule has 19 heavy (non-hydrogen) atoms. The lowest BCUT2D eigenvalue weighted by Gasteiger charge is -1.99. The molecule has 0 spiro atoms. The quantitative estimate of drug-likeness (QED) is 0.839. The predicted molar refractivity (Wildman–Crippen MR) is 74.2 cm³/mol. The highest BCUT2D eigenvalue weighted by Gasteiger charge is 2.23. The number of hydrogen-bond donors (Lipinski definition) is 2. The van der Waals surface area contributed by atoms with Gasteiger partial charge in [0.05, 0.1) is 17.2 Å². The Hall–Kier alpha value is -1.51. The molecule has 102 valence electrons. The third kappa shape index (κ3) is 2.91. The summed E-state index contributed by atoms with van der Waals surface area (Å²) in [4.78, 5) is 20.7. The lowest BCUT2D eigenvalue weighted by Crippen LogP contribution is -2.07. The first kappa shape index (κ1) is 13.9. The Labute approximate surface area is 117 Å². The average molecular weight is 299 g/mol. The maximum absolute atomic E-state index is 11.9. The van der Waals surface area contributed by atoms with Crippen molar-refractivity contribution in [1.29, 1.82) is 0 Å². The van der Waals surface area contributed by atoms with Crippen LogP contribution in [0.4, 0.5) is 5.13 Å². The Balaban J connectivity index is 2.48. The number of aromatic nitrogens is 2. The summed E-state index contributed by atoms with van der Waals surface area (Å²) in [6, 6.07) is 0. The third-order valence-electron chi connectivity index (χ3n) is 2.22. The molecule has 8 heteroatoms. The second-order valence-electron chi connectivity index (χ2n) is 3.70. The molecule has 2 aromatic heterocycles. The molecule has 0 fully saturated rings. The van der Waals surface area contributed by atoms with E-state index in [2.05, 4.69) is 9.97 Å². The number of rotatable bonds is 4. The van der Waals surface area contributed by atoms with Crippen molar-refractivity contribution >= 4 is 33.8 Å². The van der Waals surface area contributed by atoms with Crippen molar-refractivity contribution in [3.05, 3.63) is 16.1 Å². The summed E-state index contributed by atoms with van der Waals surface area (Å²) in [5.41, 5.74) is 6.35. The highest BCUT2D eigenvalue weighted by atomic mass is 32.1. The van der Waals surface area contributed by atoms with Gasteiger partial charge >= 0.3 is 5.97 Å². The Bertz CT molecular complexity index is 592. The van der Waals surface area contributed by atoms with Crippen molar-refractivity contribution in [2.24, 2.45) is 0 Å². The topological polar surface area (TPSA) is 98.3 Å². The van der Waals surface area contributed by atoms with Crippen LogP contribution >= 0.6 is 22.7 Å². The Kier molecular flexibility index (Phi) is 4.13. The fourth-order valence-corrected chi connectivity index (χ4v) is 3.00. The van der Waals surface area contributed by atoms with Gasteiger partial charge in [0.15, 0.2) is 10.8 Å². The largest absolute Gasteiger partial charge is 0.461 e. The number of anilines is 1. The molecule has 0 radical (unpaired) electrons. The van der Waals surface area contributed by atoms with E-state index in [-0.39, 0.29) is 12.3 Å². The van der Waals surface area contributed by atoms with Crippen molar-refractivity contribution in [2.75, 3.05) is 12.3 Å². The van der Waals surface area contributed by atoms with Crippen molar-refractivity contribution < 1.29 is 14.6 Å². The number of nitrogens with zero attached hydrogens (tertiary/aromatic N) is 2. The van der Waals surface area contributed by atoms with Crippen molar-refractivity contribution in [3.63, 3.8) is 0 Å². The number of aliphatic hydroxyl groups excluding tert-OH is 1. The zero-order valence-electron chi connectivity index (χ0n) is 10.4. The average Bonchev–Trinajstić information content (AvgIpc) is 2.94. The van der Waals surface area contributed by atoms with Crippen LogP contribution in [0.5, 0.6) is 0 Å². The standard InChI is InChI=1S/C11H13N3O3S2/c1-3-17-10(16)7-8(6-4-18-11(12)13-6)19-9(14-7)5(2)15/h4-5,15H,3H2,1-2H3,(H2,12,13). The van der Waals surface area contributed by atoms with E-state index in [9.17, 15) is 9.90 Å². The SMILES string of the molecule is CCOC(=O)c1nc(C(C)O)sc1-c1csc(N)n1. The van der Waals surface area contributed by atoms with Gasteiger partial charge in [-0.3, -0.25) is 0 Å². The number of thiazole rings is 2. The van der Waals surface area contributed by atoms with Crippen LogP contribution in [0.15, 0.2) is 5.38 Å². The van der Waals surface area contributed by atoms with E-state index in [1.807, 2.05) is 0 Å². The minimum atomic E-state index is -0.747. The van der Waals surface area contributed by atoms with Gasteiger partial charge in [0, 0.05) is 5.38 Å². The Morgan fingerprint density at radius 3 is 2.84 bits per heavy atom. The van der Waals surface area contributed by atoms with Crippen LogP contribution in [0, 0.1) is 0 Å². The fourth-order valence-electron chi connectivity index (χ4n) is 1.42. The number of carbonyl (C=O) groups is 1. The molecular weight excluding hydrogens is 286 g/mol. The second-order valence-corrected chi connectivity index (χ2v) is 5.62. The summed E-state index contributed by atoms with van der Waals surface area (Å²) in [5.74, 6) is -0.521. The van der Waals surface area contributed by atoms with E-state index in [4.69, 9.17) is 10.5 Å². The van der Waals surface area contributed by atoms with Crippen LogP contribution < -0.4 is 5.73 Å². The third-order valence-corrected chi connectivity index (χ3v) is 4.15. The number of carbonyl (C=O) groups excluding carboxylic acids is 1. The smallest absolute Gasteiger partial charge is 0.358 e. The van der Waals surface area contributed by atoms with Crippen LogP contribution in [0.1, 0.15) is 35.4 Å². The first-order chi connectivity index (χ1) is 9.02. The molecule has 0 aromatic carbocycles. The van der Waals surface area contributed by atoms with E-state index in [1.54, 1.807) is 19.2 Å². The highest BCUT2D eigenvalue weighted by Crippen LogP contribution is 2.34. The van der Waals surface area contributed by atoms with Crippen LogP contribution in [-0.4, -0.2) is 27.7 Å². The van der Waals surface area contributed by atoms with Crippen LogP contribution in [0.3, 0.4) is 0 Å². The molecular formula is C11H13N3O3S2. The van der Waals surface area contributed by atoms with Crippen LogP contribution in [0.25, 0.3) is 10.6 Å². The number of ether oxygens (including phenoxy) is 1. The summed E-state index contributed by atoms with van der Waals surface area (Å²) < 4.78 is 4.96. The lowest BCUT2D eigenvalue weighted by atomic mass is 10.3. The van der Waals surface area contributed by atoms with Gasteiger partial charge in [-0.1, -0.05) is 0 Å². The molecule has 0 aliphatic carbocycles. The van der Waals surface area contributed by atoms with Gasteiger partial charge in [0.25, 0.3) is 0 Å². The molecule has 1 unspecified atom stereocenters. The highest BCUT2D eigenvalue weighted by molar-refractivity contribution is 7.17. The molecule has 2 heterocycles. The number of nitrogens with two attached hydrogens (primary N) is 1. The minimum absolute atomic E-state index is 0.174. The summed E-state index contributed by atoms with van der Waals surface area (Å²) in [6.07, 6.45) is -0.747. The Morgan fingerprint density at radius 1 is 1.58 bits per heavy atom. The van der Waals surface area contributed by atoms with Crippen molar-refractivity contribution in [1.82, 2.24) is 9.97 Å². The number of hydrogen-bond acceptors (Lipinski definition) is 8. The molecule has 2 aromatic rings. The minimum Gasteiger partial charge on any atom is -0.461 e. The van der Waals surface area contributed by atoms with Gasteiger partial charge in [-0.2, -0.15) is 0 Å². The van der Waals surface area contributed by atoms with E-state index in [0.717, 1.165) is 0 Å². The summed E-state index contributed by atoms with van der Waals surface area (Å²) in [7, 11) is 0. The van der Waals surface area contributed by atoms with Gasteiger partial charge in [-0.05, 0) is 13.8 Å². The van der Waals surface area contributed by atoms with E-state index in [0.29, 0.717) is 20.7 Å². The molecule has 0 amide bonds. The lowest BCUT2D eigenvalue weighted by molar-refractivity contribution is 0.0520. The molecule has 3 N–H and O–H groups in total. The van der Waals surface area contributed by atoms with Gasteiger partial charge in [0.1, 0.15) is 11.1 Å². The van der Waals surface area contributed by atoms with Crippen molar-refractivity contribution in [3.8, 4) is 10.6 Å². The van der Waals surface area contributed by atoms with E-state index < -0.39 is 12.1 Å². The summed E-state index contributed by atoms with van der Waals surface area (Å²) in [6.45, 7) is 3.58. The first-order valence-electron chi connectivity index (χ1n) is 5.60. The van der Waals surface area contributed by atoms with Crippen molar-refractivity contribution in [2.45, 2.75) is 20.0 Å². The molecule has 0 aliphatic rings. The van der Waals surface area contributed by atoms with Crippen LogP contribution in [-0.2, 0) is 4.74 Å². The maximum Gasteiger partial charge on any atom is 0.358 e. The zero-order valence-corrected chi connectivity index (χ0v) is 12.0. The van der Waals surface area contributed by atoms with Gasteiger partial charge in [-0.25, -0.2) is 14.8 Å². The van der Waals surface area contributed by atoms with Gasteiger partial charge < -0.3 is 15.6 Å². The molecule has 0 saturated carbocycles. The molecule has 1 atom stereocenters. The fraction of sp³-hybridized carbons (Fsp3) is 0.364. The van der Waals surface area contributed by atoms with E-state index >= 15 is 0 Å². The number of nitrogen functional groups attached to an aromatic ring is 1. The van der Waals surface area contributed by atoms with E-state index in [1.165, 1.54) is 22.7 Å². The second kappa shape index (κ2) is 5.64. The molecule has 0 aliphatic heterocycles. The predicted octanol–water partition coefficient (Wildman–Crippen LogP) is 2.08. The Morgan fingerprint density at radius 2 is 2.32 bits per heavy atom. The molecule has 0 saturated heterocycles. The summed E-state index contributed by atoms with van der Waals surface area (Å²) in [5, 5.41) is 12.2. The molecule has 0 bridgehead atoms. The van der Waals surface area contributed by atoms with Gasteiger partial charge in [0.2, 0.25) is 0 Å². The first-order valence-corrected chi connectivity index (χ1v) is 7.29. The monoisotopic (exact) mass is 299 g/mol. The molecule has 6 nitrogen and oxygen atoms in total. The number of aliphatic hydroxyl groups is 1. The summed E-state index contributed by atoms with van der Waals surface area (Å²) >= 11 is 2.50. The number of esters is 1. The van der Waals surface area contributed by atoms with Gasteiger partial charge in [-0.15, -0.1) is 22.7 Å². The zero-order chi connectivity index (χ0) is 14.0. The maximum atomic E-state index is 11.9. The van der Waals surface area contributed by atoms with Crippen LogP contribution in [0.2, 0.25) is 0 Å².